The van der Waals surface area contributed by atoms with Gasteiger partial charge in [-0.25, -0.2) is 4.79 Å². The molecule has 0 saturated heterocycles. The van der Waals surface area contributed by atoms with Gasteiger partial charge in [0, 0.05) is 6.54 Å². The van der Waals surface area contributed by atoms with Crippen LogP contribution in [-0.4, -0.2) is 27.0 Å². The number of aryl methyl sites for hydroxylation is 1. The van der Waals surface area contributed by atoms with E-state index in [0.717, 1.165) is 28.8 Å². The maximum absolute atomic E-state index is 12.8. The number of nitrogens with zero attached hydrogens (tertiary/aromatic N) is 2. The standard InChI is InChI=1S/C22H28N2O3/c1-4-13-23-19-10-6-7-11-20(19)24(22(23)26)14-17(25)15-27-21-12-8-5-9-18(21)16(2)3/h5-12,16-17,25H,4,13-15H2,1-3H3/t17-/m0/s1. The van der Waals surface area contributed by atoms with Gasteiger partial charge in [0.15, 0.2) is 0 Å². The number of ether oxygens (including phenoxy) is 1. The zero-order chi connectivity index (χ0) is 19.4. The molecule has 0 aliphatic heterocycles. The van der Waals surface area contributed by atoms with Crippen LogP contribution in [0.15, 0.2) is 53.3 Å². The van der Waals surface area contributed by atoms with E-state index < -0.39 is 6.10 Å². The van der Waals surface area contributed by atoms with Gasteiger partial charge in [-0.15, -0.1) is 0 Å². The summed E-state index contributed by atoms with van der Waals surface area (Å²) in [7, 11) is 0. The number of benzene rings is 2. The van der Waals surface area contributed by atoms with E-state index in [4.69, 9.17) is 4.74 Å². The SMILES string of the molecule is CCCn1c(=O)n(C[C@H](O)COc2ccccc2C(C)C)c2ccccc21. The molecule has 5 nitrogen and oxygen atoms in total. The summed E-state index contributed by atoms with van der Waals surface area (Å²) in [5.74, 6) is 1.13. The van der Waals surface area contributed by atoms with E-state index in [1.54, 1.807) is 9.13 Å². The molecule has 3 rings (SSSR count). The largest absolute Gasteiger partial charge is 0.491 e. The molecule has 27 heavy (non-hydrogen) atoms. The molecule has 0 fully saturated rings. The molecule has 1 N–H and O–H groups in total. The normalized spacial score (nSPS) is 12.6. The maximum Gasteiger partial charge on any atom is 0.329 e. The van der Waals surface area contributed by atoms with Crippen molar-refractivity contribution in [3.05, 3.63) is 64.6 Å². The van der Waals surface area contributed by atoms with E-state index in [2.05, 4.69) is 13.8 Å². The molecule has 1 heterocycles. The molecule has 0 bridgehead atoms. The lowest BCUT2D eigenvalue weighted by Gasteiger charge is -2.17. The number of aliphatic hydroxyl groups is 1. The Balaban J connectivity index is 1.78. The maximum atomic E-state index is 12.8. The Morgan fingerprint density at radius 2 is 1.63 bits per heavy atom. The van der Waals surface area contributed by atoms with Gasteiger partial charge in [0.2, 0.25) is 0 Å². The minimum Gasteiger partial charge on any atom is -0.491 e. The van der Waals surface area contributed by atoms with Crippen LogP contribution in [-0.2, 0) is 13.1 Å². The predicted octanol–water partition coefficient (Wildman–Crippen LogP) is 3.78. The Morgan fingerprint density at radius 1 is 1.00 bits per heavy atom. The van der Waals surface area contributed by atoms with Crippen molar-refractivity contribution in [1.29, 1.82) is 0 Å². The molecule has 0 saturated carbocycles. The molecule has 144 valence electrons. The zero-order valence-corrected chi connectivity index (χ0v) is 16.3. The van der Waals surface area contributed by atoms with Crippen LogP contribution in [0.5, 0.6) is 5.75 Å². The van der Waals surface area contributed by atoms with Gasteiger partial charge >= 0.3 is 5.69 Å². The van der Waals surface area contributed by atoms with Gasteiger partial charge in [0.05, 0.1) is 17.6 Å². The van der Waals surface area contributed by atoms with E-state index in [1.165, 1.54) is 0 Å². The van der Waals surface area contributed by atoms with E-state index in [-0.39, 0.29) is 18.8 Å². The number of fused-ring (bicyclic) bond motifs is 1. The molecule has 5 heteroatoms. The van der Waals surface area contributed by atoms with E-state index >= 15 is 0 Å². The highest BCUT2D eigenvalue weighted by Gasteiger charge is 2.16. The topological polar surface area (TPSA) is 56.4 Å². The first-order valence-corrected chi connectivity index (χ1v) is 9.60. The van der Waals surface area contributed by atoms with Gasteiger partial charge in [-0.1, -0.05) is 51.1 Å². The number of hydrogen-bond donors (Lipinski definition) is 1. The van der Waals surface area contributed by atoms with Gasteiger partial charge in [0.25, 0.3) is 0 Å². The summed E-state index contributed by atoms with van der Waals surface area (Å²) in [5.41, 5.74) is 2.78. The van der Waals surface area contributed by atoms with Crippen LogP contribution in [0.4, 0.5) is 0 Å². The molecule has 0 aliphatic rings. The number of aliphatic hydroxyl groups excluding tert-OH is 1. The zero-order valence-electron chi connectivity index (χ0n) is 16.3. The Labute approximate surface area is 159 Å². The third-order valence-corrected chi connectivity index (χ3v) is 4.74. The third kappa shape index (κ3) is 4.08. The van der Waals surface area contributed by atoms with Crippen molar-refractivity contribution in [2.75, 3.05) is 6.61 Å². The molecule has 2 aromatic carbocycles. The number of aromatic nitrogens is 2. The van der Waals surface area contributed by atoms with Crippen LogP contribution >= 0.6 is 0 Å². The van der Waals surface area contributed by atoms with Crippen LogP contribution in [0.25, 0.3) is 11.0 Å². The summed E-state index contributed by atoms with van der Waals surface area (Å²) in [6.07, 6.45) is 0.106. The van der Waals surface area contributed by atoms with Gasteiger partial charge in [0.1, 0.15) is 18.5 Å². The van der Waals surface area contributed by atoms with Gasteiger partial charge in [-0.05, 0) is 36.1 Å². The fourth-order valence-corrected chi connectivity index (χ4v) is 3.43. The third-order valence-electron chi connectivity index (χ3n) is 4.74. The van der Waals surface area contributed by atoms with Crippen molar-refractivity contribution in [2.24, 2.45) is 0 Å². The average molecular weight is 368 g/mol. The summed E-state index contributed by atoms with van der Waals surface area (Å²) < 4.78 is 9.29. The van der Waals surface area contributed by atoms with Crippen molar-refractivity contribution in [2.45, 2.75) is 52.3 Å². The van der Waals surface area contributed by atoms with Crippen molar-refractivity contribution >= 4 is 11.0 Å². The molecule has 0 aliphatic carbocycles. The van der Waals surface area contributed by atoms with Gasteiger partial charge in [-0.3, -0.25) is 9.13 Å². The minimum atomic E-state index is -0.774. The molecule has 0 amide bonds. The van der Waals surface area contributed by atoms with Crippen molar-refractivity contribution < 1.29 is 9.84 Å². The highest BCUT2D eigenvalue weighted by Crippen LogP contribution is 2.26. The Bertz CT molecular complexity index is 956. The molecule has 3 aromatic rings. The molecular formula is C22H28N2O3. The molecular weight excluding hydrogens is 340 g/mol. The number of imidazole rings is 1. The predicted molar refractivity (Wildman–Crippen MR) is 109 cm³/mol. The summed E-state index contributed by atoms with van der Waals surface area (Å²) >= 11 is 0. The highest BCUT2D eigenvalue weighted by molar-refractivity contribution is 5.76. The number of rotatable bonds is 8. The van der Waals surface area contributed by atoms with E-state index in [9.17, 15) is 9.90 Å². The number of para-hydroxylation sites is 3. The lowest BCUT2D eigenvalue weighted by molar-refractivity contribution is 0.0918. The molecule has 1 atom stereocenters. The molecule has 0 radical (unpaired) electrons. The smallest absolute Gasteiger partial charge is 0.329 e. The van der Waals surface area contributed by atoms with E-state index in [1.807, 2.05) is 55.5 Å². The second kappa shape index (κ2) is 8.44. The fraction of sp³-hybridized carbons (Fsp3) is 0.409. The van der Waals surface area contributed by atoms with Crippen LogP contribution in [0.1, 0.15) is 38.7 Å². The van der Waals surface area contributed by atoms with Crippen molar-refractivity contribution in [1.82, 2.24) is 9.13 Å². The Morgan fingerprint density at radius 3 is 2.30 bits per heavy atom. The van der Waals surface area contributed by atoms with Crippen LogP contribution in [0, 0.1) is 0 Å². The molecule has 0 unspecified atom stereocenters. The Kier molecular flexibility index (Phi) is 6.01. The first-order valence-electron chi connectivity index (χ1n) is 9.60. The minimum absolute atomic E-state index is 0.0836. The number of hydrogen-bond acceptors (Lipinski definition) is 3. The fourth-order valence-electron chi connectivity index (χ4n) is 3.43. The van der Waals surface area contributed by atoms with Crippen LogP contribution < -0.4 is 10.4 Å². The quantitative estimate of drug-likeness (QED) is 0.658. The lowest BCUT2D eigenvalue weighted by atomic mass is 10.0. The second-order valence-electron chi connectivity index (χ2n) is 7.19. The van der Waals surface area contributed by atoms with Crippen LogP contribution in [0.3, 0.4) is 0 Å². The first kappa shape index (κ1) is 19.2. The van der Waals surface area contributed by atoms with Gasteiger partial charge in [-0.2, -0.15) is 0 Å². The molecule has 0 spiro atoms. The van der Waals surface area contributed by atoms with Crippen LogP contribution in [0.2, 0.25) is 0 Å². The average Bonchev–Trinajstić information content (AvgIpc) is 2.93. The van der Waals surface area contributed by atoms with E-state index in [0.29, 0.717) is 12.5 Å². The lowest BCUT2D eigenvalue weighted by Crippen LogP contribution is -2.31. The summed E-state index contributed by atoms with van der Waals surface area (Å²) in [6.45, 7) is 7.29. The summed E-state index contributed by atoms with van der Waals surface area (Å²) in [5, 5.41) is 10.5. The monoisotopic (exact) mass is 368 g/mol. The summed E-state index contributed by atoms with van der Waals surface area (Å²) in [4.78, 5) is 12.8. The molecule has 1 aromatic heterocycles. The van der Waals surface area contributed by atoms with Gasteiger partial charge < -0.3 is 9.84 Å². The summed E-state index contributed by atoms with van der Waals surface area (Å²) in [6, 6.07) is 15.6. The van der Waals surface area contributed by atoms with Crippen molar-refractivity contribution in [3.63, 3.8) is 0 Å². The second-order valence-corrected chi connectivity index (χ2v) is 7.19. The van der Waals surface area contributed by atoms with Crippen molar-refractivity contribution in [3.8, 4) is 5.75 Å². The Hall–Kier alpha value is -2.53. The highest BCUT2D eigenvalue weighted by atomic mass is 16.5. The first-order chi connectivity index (χ1) is 13.0.